The number of carbonyl (C=O) groups is 1. The molecule has 0 atom stereocenters. The Kier molecular flexibility index (Phi) is 4.45. The molecular formula is C18H12FIN4OS. The van der Waals surface area contributed by atoms with Gasteiger partial charge < -0.3 is 5.32 Å². The van der Waals surface area contributed by atoms with E-state index in [1.165, 1.54) is 23.5 Å². The molecular weight excluding hydrogens is 466 g/mol. The first-order chi connectivity index (χ1) is 12.5. The molecule has 4 rings (SSSR count). The number of carbonyl (C=O) groups excluding carboxylic acids is 1. The van der Waals surface area contributed by atoms with Crippen LogP contribution in [0, 0.1) is 16.3 Å². The molecule has 1 amide bonds. The van der Waals surface area contributed by atoms with Crippen LogP contribution in [0.5, 0.6) is 0 Å². The predicted molar refractivity (Wildman–Crippen MR) is 109 cm³/mol. The third-order valence-electron chi connectivity index (χ3n) is 3.71. The highest BCUT2D eigenvalue weighted by atomic mass is 127. The number of aryl methyl sites for hydroxylation is 1. The fraction of sp³-hybridized carbons (Fsp3) is 0.0556. The average molecular weight is 478 g/mol. The molecule has 0 aliphatic heterocycles. The van der Waals surface area contributed by atoms with E-state index in [4.69, 9.17) is 0 Å². The lowest BCUT2D eigenvalue weighted by Crippen LogP contribution is -2.16. The summed E-state index contributed by atoms with van der Waals surface area (Å²) in [6.07, 6.45) is 0. The number of amides is 1. The fourth-order valence-corrected chi connectivity index (χ4v) is 4.13. The van der Waals surface area contributed by atoms with Crippen LogP contribution in [-0.4, -0.2) is 20.7 Å². The Hall–Kier alpha value is -2.33. The Morgan fingerprint density at radius 1 is 1.23 bits per heavy atom. The van der Waals surface area contributed by atoms with Gasteiger partial charge >= 0.3 is 0 Å². The number of thiazole rings is 1. The van der Waals surface area contributed by atoms with Crippen molar-refractivity contribution in [3.8, 4) is 5.13 Å². The molecule has 2 aromatic carbocycles. The number of hydrogen-bond donors (Lipinski definition) is 1. The summed E-state index contributed by atoms with van der Waals surface area (Å²) in [5, 5.41) is 7.88. The molecule has 0 saturated carbocycles. The molecule has 0 radical (unpaired) electrons. The van der Waals surface area contributed by atoms with Gasteiger partial charge in [-0.15, -0.1) is 0 Å². The third-order valence-corrected chi connectivity index (χ3v) is 5.65. The van der Waals surface area contributed by atoms with Crippen LogP contribution in [0.15, 0.2) is 48.5 Å². The van der Waals surface area contributed by atoms with Crippen molar-refractivity contribution in [1.29, 1.82) is 0 Å². The summed E-state index contributed by atoms with van der Waals surface area (Å²) < 4.78 is 16.6. The van der Waals surface area contributed by atoms with Crippen molar-refractivity contribution < 1.29 is 9.18 Å². The zero-order chi connectivity index (χ0) is 18.3. The molecule has 2 heterocycles. The second-order valence-electron chi connectivity index (χ2n) is 5.63. The number of hydrogen-bond acceptors (Lipinski definition) is 4. The Labute approximate surface area is 166 Å². The van der Waals surface area contributed by atoms with Crippen LogP contribution >= 0.6 is 33.9 Å². The standard InChI is InChI=1S/C18H12FIN4OS/c1-10-8-16(22-17(25)12-4-2-3-5-13(12)20)24(23-10)18-21-14-7-6-11(19)9-15(14)26-18/h2-9H,1H3,(H,22,25). The van der Waals surface area contributed by atoms with Crippen molar-refractivity contribution in [2.45, 2.75) is 6.92 Å². The van der Waals surface area contributed by atoms with Gasteiger partial charge in [-0.05, 0) is 59.8 Å². The number of benzene rings is 2. The smallest absolute Gasteiger partial charge is 0.257 e. The zero-order valence-electron chi connectivity index (χ0n) is 13.5. The summed E-state index contributed by atoms with van der Waals surface area (Å²) in [7, 11) is 0. The third kappa shape index (κ3) is 3.21. The van der Waals surface area contributed by atoms with Crippen LogP contribution < -0.4 is 5.32 Å². The fourth-order valence-electron chi connectivity index (χ4n) is 2.54. The van der Waals surface area contributed by atoms with Crippen molar-refractivity contribution in [2.75, 3.05) is 5.32 Å². The van der Waals surface area contributed by atoms with E-state index in [0.717, 1.165) is 14.0 Å². The van der Waals surface area contributed by atoms with Crippen molar-refractivity contribution >= 4 is 55.9 Å². The molecule has 0 fully saturated rings. The van der Waals surface area contributed by atoms with E-state index < -0.39 is 0 Å². The minimum Gasteiger partial charge on any atom is -0.306 e. The maximum Gasteiger partial charge on any atom is 0.257 e. The number of anilines is 1. The molecule has 4 aromatic rings. The number of halogens is 2. The Balaban J connectivity index is 1.72. The maximum absolute atomic E-state index is 13.4. The van der Waals surface area contributed by atoms with Gasteiger partial charge in [0.15, 0.2) is 0 Å². The lowest BCUT2D eigenvalue weighted by molar-refractivity contribution is 0.102. The summed E-state index contributed by atoms with van der Waals surface area (Å²) in [6.45, 7) is 1.84. The highest BCUT2D eigenvalue weighted by Crippen LogP contribution is 2.28. The van der Waals surface area contributed by atoms with Crippen molar-refractivity contribution in [3.05, 3.63) is 69.2 Å². The van der Waals surface area contributed by atoms with E-state index in [2.05, 4.69) is 38.0 Å². The molecule has 0 saturated heterocycles. The molecule has 0 bridgehead atoms. The van der Waals surface area contributed by atoms with Gasteiger partial charge in [-0.1, -0.05) is 23.5 Å². The normalized spacial score (nSPS) is 11.0. The molecule has 0 spiro atoms. The van der Waals surface area contributed by atoms with E-state index in [-0.39, 0.29) is 11.7 Å². The lowest BCUT2D eigenvalue weighted by atomic mass is 10.2. The number of nitrogens with zero attached hydrogens (tertiary/aromatic N) is 3. The van der Waals surface area contributed by atoms with E-state index in [1.807, 2.05) is 25.1 Å². The Morgan fingerprint density at radius 2 is 2.04 bits per heavy atom. The summed E-state index contributed by atoms with van der Waals surface area (Å²) in [5.41, 5.74) is 2.02. The first-order valence-corrected chi connectivity index (χ1v) is 9.60. The molecule has 5 nitrogen and oxygen atoms in total. The zero-order valence-corrected chi connectivity index (χ0v) is 16.5. The van der Waals surface area contributed by atoms with Gasteiger partial charge in [-0.25, -0.2) is 9.37 Å². The van der Waals surface area contributed by atoms with Gasteiger partial charge in [-0.3, -0.25) is 4.79 Å². The van der Waals surface area contributed by atoms with Crippen molar-refractivity contribution in [3.63, 3.8) is 0 Å². The highest BCUT2D eigenvalue weighted by molar-refractivity contribution is 14.1. The molecule has 0 aliphatic rings. The average Bonchev–Trinajstić information content (AvgIpc) is 3.17. The van der Waals surface area contributed by atoms with Gasteiger partial charge in [0.05, 0.1) is 21.5 Å². The van der Waals surface area contributed by atoms with E-state index >= 15 is 0 Å². The van der Waals surface area contributed by atoms with Gasteiger partial charge in [-0.2, -0.15) is 9.78 Å². The van der Waals surface area contributed by atoms with Crippen LogP contribution in [0.25, 0.3) is 15.3 Å². The Bertz CT molecular complexity index is 1140. The molecule has 0 aliphatic carbocycles. The molecule has 130 valence electrons. The minimum absolute atomic E-state index is 0.219. The number of aromatic nitrogens is 3. The van der Waals surface area contributed by atoms with Crippen LogP contribution in [0.2, 0.25) is 0 Å². The van der Waals surface area contributed by atoms with Crippen molar-refractivity contribution in [2.24, 2.45) is 0 Å². The maximum atomic E-state index is 13.4. The van der Waals surface area contributed by atoms with E-state index in [1.54, 1.807) is 22.9 Å². The first kappa shape index (κ1) is 17.1. The SMILES string of the molecule is Cc1cc(NC(=O)c2ccccc2I)n(-c2nc3ccc(F)cc3s2)n1. The molecule has 1 N–H and O–H groups in total. The monoisotopic (exact) mass is 478 g/mol. The number of fused-ring (bicyclic) bond motifs is 1. The van der Waals surface area contributed by atoms with Gasteiger partial charge in [0, 0.05) is 9.64 Å². The second-order valence-corrected chi connectivity index (χ2v) is 7.80. The van der Waals surface area contributed by atoms with Crippen LogP contribution in [0.3, 0.4) is 0 Å². The summed E-state index contributed by atoms with van der Waals surface area (Å²) >= 11 is 3.44. The van der Waals surface area contributed by atoms with E-state index in [9.17, 15) is 9.18 Å². The van der Waals surface area contributed by atoms with Gasteiger partial charge in [0.1, 0.15) is 11.6 Å². The first-order valence-electron chi connectivity index (χ1n) is 7.70. The number of nitrogens with one attached hydrogen (secondary N) is 1. The van der Waals surface area contributed by atoms with Crippen LogP contribution in [0.1, 0.15) is 16.1 Å². The van der Waals surface area contributed by atoms with Crippen LogP contribution in [-0.2, 0) is 0 Å². The van der Waals surface area contributed by atoms with Crippen LogP contribution in [0.4, 0.5) is 10.2 Å². The van der Waals surface area contributed by atoms with Gasteiger partial charge in [0.25, 0.3) is 5.91 Å². The molecule has 8 heteroatoms. The lowest BCUT2D eigenvalue weighted by Gasteiger charge is -2.07. The largest absolute Gasteiger partial charge is 0.306 e. The predicted octanol–water partition coefficient (Wildman–Crippen LogP) is 4.79. The van der Waals surface area contributed by atoms with Gasteiger partial charge in [0.2, 0.25) is 5.13 Å². The summed E-state index contributed by atoms with van der Waals surface area (Å²) in [6, 6.07) is 13.6. The highest BCUT2D eigenvalue weighted by Gasteiger charge is 2.16. The second kappa shape index (κ2) is 6.76. The quantitative estimate of drug-likeness (QED) is 0.431. The Morgan fingerprint density at radius 3 is 2.85 bits per heavy atom. The number of rotatable bonds is 3. The molecule has 2 aromatic heterocycles. The topological polar surface area (TPSA) is 59.8 Å². The summed E-state index contributed by atoms with van der Waals surface area (Å²) in [5.74, 6) is -0.00786. The minimum atomic E-state index is -0.309. The van der Waals surface area contributed by atoms with Crippen molar-refractivity contribution in [1.82, 2.24) is 14.8 Å². The van der Waals surface area contributed by atoms with E-state index in [0.29, 0.717) is 22.0 Å². The molecule has 0 unspecified atom stereocenters. The molecule has 26 heavy (non-hydrogen) atoms. The summed E-state index contributed by atoms with van der Waals surface area (Å²) in [4.78, 5) is 17.1.